The van der Waals surface area contributed by atoms with E-state index in [1.54, 1.807) is 6.07 Å². The first-order valence-electron chi connectivity index (χ1n) is 5.09. The zero-order chi connectivity index (χ0) is 11.0. The van der Waals surface area contributed by atoms with E-state index < -0.39 is 0 Å². The second-order valence-electron chi connectivity index (χ2n) is 3.65. The van der Waals surface area contributed by atoms with Gasteiger partial charge >= 0.3 is 0 Å². The molecule has 3 rings (SSSR count). The Morgan fingerprint density at radius 2 is 1.88 bits per heavy atom. The largest absolute Gasteiger partial charge is 0.308 e. The van der Waals surface area contributed by atoms with Crippen LogP contribution in [0.1, 0.15) is 0 Å². The lowest BCUT2D eigenvalue weighted by Crippen LogP contribution is -1.92. The van der Waals surface area contributed by atoms with Crippen LogP contribution >= 0.6 is 0 Å². The first kappa shape index (κ1) is 9.16. The smallest absolute Gasteiger partial charge is 0.125 e. The molecule has 0 fully saturated rings. The van der Waals surface area contributed by atoms with Crippen molar-refractivity contribution in [3.63, 3.8) is 0 Å². The number of fused-ring (bicyclic) bond motifs is 1. The van der Waals surface area contributed by atoms with Gasteiger partial charge in [-0.1, -0.05) is 24.3 Å². The van der Waals surface area contributed by atoms with Gasteiger partial charge in [0.1, 0.15) is 5.82 Å². The highest BCUT2D eigenvalue weighted by molar-refractivity contribution is 5.81. The Morgan fingerprint density at radius 3 is 2.75 bits per heavy atom. The van der Waals surface area contributed by atoms with Crippen molar-refractivity contribution in [1.29, 1.82) is 0 Å². The normalized spacial score (nSPS) is 10.8. The van der Waals surface area contributed by atoms with E-state index in [9.17, 15) is 4.39 Å². The van der Waals surface area contributed by atoms with E-state index in [-0.39, 0.29) is 5.82 Å². The lowest BCUT2D eigenvalue weighted by molar-refractivity contribution is 0.627. The van der Waals surface area contributed by atoms with Crippen LogP contribution < -0.4 is 0 Å². The van der Waals surface area contributed by atoms with Gasteiger partial charge in [0.05, 0.1) is 11.7 Å². The number of aromatic nitrogens is 1. The zero-order valence-electron chi connectivity index (χ0n) is 8.52. The fourth-order valence-corrected chi connectivity index (χ4v) is 1.85. The third-order valence-electron chi connectivity index (χ3n) is 2.59. The maximum absolute atomic E-state index is 13.1. The Hall–Kier alpha value is -2.09. The number of benzene rings is 2. The molecule has 1 aromatic heterocycles. The van der Waals surface area contributed by atoms with Crippen LogP contribution in [-0.2, 0) is 0 Å². The van der Waals surface area contributed by atoms with Crippen LogP contribution in [0.25, 0.3) is 16.6 Å². The molecular weight excluding hydrogens is 201 g/mol. The molecule has 1 heterocycles. The molecule has 0 N–H and O–H groups in total. The van der Waals surface area contributed by atoms with Crippen molar-refractivity contribution < 1.29 is 4.39 Å². The van der Waals surface area contributed by atoms with E-state index in [2.05, 4.69) is 6.20 Å². The van der Waals surface area contributed by atoms with Gasteiger partial charge in [0.2, 0.25) is 0 Å². The summed E-state index contributed by atoms with van der Waals surface area (Å²) in [6, 6.07) is 16.4. The van der Waals surface area contributed by atoms with E-state index >= 15 is 0 Å². The predicted molar refractivity (Wildman–Crippen MR) is 62.1 cm³/mol. The van der Waals surface area contributed by atoms with E-state index in [0.29, 0.717) is 0 Å². The zero-order valence-corrected chi connectivity index (χ0v) is 8.52. The molecule has 2 aromatic carbocycles. The van der Waals surface area contributed by atoms with Gasteiger partial charge in [0, 0.05) is 11.1 Å². The molecule has 0 atom stereocenters. The van der Waals surface area contributed by atoms with Crippen LogP contribution in [0.15, 0.2) is 54.6 Å². The fraction of sp³-hybridized carbons (Fsp3) is 0. The number of nitrogens with zero attached hydrogens (tertiary/aromatic N) is 1. The Labute approximate surface area is 92.8 Å². The van der Waals surface area contributed by atoms with Crippen molar-refractivity contribution in [2.45, 2.75) is 0 Å². The Morgan fingerprint density at radius 1 is 1.00 bits per heavy atom. The Bertz CT molecular complexity index is 640. The summed E-state index contributed by atoms with van der Waals surface area (Å²) >= 11 is 0. The van der Waals surface area contributed by atoms with Crippen molar-refractivity contribution in [2.75, 3.05) is 0 Å². The van der Waals surface area contributed by atoms with Crippen LogP contribution in [0.3, 0.4) is 0 Å². The second-order valence-corrected chi connectivity index (χ2v) is 3.65. The van der Waals surface area contributed by atoms with Crippen molar-refractivity contribution in [1.82, 2.24) is 4.57 Å². The van der Waals surface area contributed by atoms with Crippen molar-refractivity contribution in [3.05, 3.63) is 66.6 Å². The maximum Gasteiger partial charge on any atom is 0.125 e. The summed E-state index contributed by atoms with van der Waals surface area (Å²) in [5, 5.41) is 1.10. The summed E-state index contributed by atoms with van der Waals surface area (Å²) in [6.45, 7) is 0. The Balaban J connectivity index is 2.26. The molecule has 0 bridgehead atoms. The SMILES string of the molecule is Fc1cccc(-n2[c]cc3ccccc32)c1. The monoisotopic (exact) mass is 210 g/mol. The molecule has 0 amide bonds. The summed E-state index contributed by atoms with van der Waals surface area (Å²) in [6.07, 6.45) is 3.11. The van der Waals surface area contributed by atoms with E-state index in [1.165, 1.54) is 12.1 Å². The minimum atomic E-state index is -0.233. The van der Waals surface area contributed by atoms with Crippen LogP contribution in [0, 0.1) is 12.0 Å². The molecule has 2 heteroatoms. The first-order valence-corrected chi connectivity index (χ1v) is 5.09. The maximum atomic E-state index is 13.1. The molecule has 16 heavy (non-hydrogen) atoms. The minimum Gasteiger partial charge on any atom is -0.308 e. The van der Waals surface area contributed by atoms with Gasteiger partial charge in [-0.25, -0.2) is 4.39 Å². The molecule has 0 unspecified atom stereocenters. The van der Waals surface area contributed by atoms with Gasteiger partial charge in [0.15, 0.2) is 0 Å². The summed E-state index contributed by atoms with van der Waals surface area (Å²) in [4.78, 5) is 0. The fourth-order valence-electron chi connectivity index (χ4n) is 1.85. The molecular formula is C14H9FN. The highest BCUT2D eigenvalue weighted by Gasteiger charge is 2.03. The van der Waals surface area contributed by atoms with E-state index in [1.807, 2.05) is 41.0 Å². The van der Waals surface area contributed by atoms with Crippen molar-refractivity contribution in [2.24, 2.45) is 0 Å². The molecule has 0 saturated heterocycles. The third-order valence-corrected chi connectivity index (χ3v) is 2.59. The summed E-state index contributed by atoms with van der Waals surface area (Å²) in [5.41, 5.74) is 1.83. The minimum absolute atomic E-state index is 0.233. The van der Waals surface area contributed by atoms with Gasteiger partial charge in [-0.15, -0.1) is 0 Å². The molecule has 3 aromatic rings. The number of hydrogen-bond donors (Lipinski definition) is 0. The highest BCUT2D eigenvalue weighted by Crippen LogP contribution is 2.19. The number of hydrogen-bond acceptors (Lipinski definition) is 0. The molecule has 77 valence electrons. The van der Waals surface area contributed by atoms with Crippen LogP contribution in [-0.4, -0.2) is 4.57 Å². The number of halogens is 1. The molecule has 0 aliphatic carbocycles. The Kier molecular flexibility index (Phi) is 2.00. The summed E-state index contributed by atoms with van der Waals surface area (Å²) in [7, 11) is 0. The van der Waals surface area contributed by atoms with Gasteiger partial charge in [0.25, 0.3) is 0 Å². The average Bonchev–Trinajstić information content (AvgIpc) is 2.72. The van der Waals surface area contributed by atoms with E-state index in [4.69, 9.17) is 0 Å². The number of para-hydroxylation sites is 1. The lowest BCUT2D eigenvalue weighted by Gasteiger charge is -2.04. The van der Waals surface area contributed by atoms with Crippen LogP contribution in [0.4, 0.5) is 4.39 Å². The van der Waals surface area contributed by atoms with Gasteiger partial charge in [-0.2, -0.15) is 0 Å². The highest BCUT2D eigenvalue weighted by atomic mass is 19.1. The second kappa shape index (κ2) is 3.49. The van der Waals surface area contributed by atoms with Crippen LogP contribution in [0.5, 0.6) is 0 Å². The molecule has 0 saturated carbocycles. The van der Waals surface area contributed by atoms with E-state index in [0.717, 1.165) is 16.6 Å². The molecule has 0 aliphatic rings. The summed E-state index contributed by atoms with van der Waals surface area (Å²) in [5.74, 6) is -0.233. The third kappa shape index (κ3) is 1.39. The van der Waals surface area contributed by atoms with Gasteiger partial charge < -0.3 is 4.57 Å². The summed E-state index contributed by atoms with van der Waals surface area (Å²) < 4.78 is 15.0. The van der Waals surface area contributed by atoms with Crippen molar-refractivity contribution in [3.8, 4) is 5.69 Å². The van der Waals surface area contributed by atoms with Gasteiger partial charge in [-0.05, 0) is 30.3 Å². The molecule has 1 nitrogen and oxygen atoms in total. The van der Waals surface area contributed by atoms with Crippen LogP contribution in [0.2, 0.25) is 0 Å². The average molecular weight is 210 g/mol. The molecule has 0 spiro atoms. The molecule has 1 radical (unpaired) electrons. The topological polar surface area (TPSA) is 4.93 Å². The van der Waals surface area contributed by atoms with Crippen molar-refractivity contribution >= 4 is 10.9 Å². The molecule has 0 aliphatic heterocycles. The quantitative estimate of drug-likeness (QED) is 0.578. The standard InChI is InChI=1S/C14H9FN/c15-12-5-3-6-13(10-12)16-9-8-11-4-1-2-7-14(11)16/h1-8,10H. The predicted octanol–water partition coefficient (Wildman–Crippen LogP) is 3.57. The van der Waals surface area contributed by atoms with Gasteiger partial charge in [-0.3, -0.25) is 0 Å². The first-order chi connectivity index (χ1) is 7.84. The lowest BCUT2D eigenvalue weighted by atomic mass is 10.2. The number of rotatable bonds is 1.